The minimum Gasteiger partial charge on any atom is -0.351 e. The highest BCUT2D eigenvalue weighted by Gasteiger charge is 2.06. The lowest BCUT2D eigenvalue weighted by molar-refractivity contribution is 0.0956. The first-order valence-electron chi connectivity index (χ1n) is 6.39. The van der Waals surface area contributed by atoms with Gasteiger partial charge in [0, 0.05) is 22.8 Å². The summed E-state index contributed by atoms with van der Waals surface area (Å²) in [5.74, 6) is 0.346. The Morgan fingerprint density at radius 1 is 1.20 bits per heavy atom. The van der Waals surface area contributed by atoms with Gasteiger partial charge in [0.2, 0.25) is 0 Å². The van der Waals surface area contributed by atoms with Crippen molar-refractivity contribution in [3.8, 4) is 0 Å². The Kier molecular flexibility index (Phi) is 5.18. The largest absolute Gasteiger partial charge is 0.351 e. The number of nitrogens with one attached hydrogen (secondary N) is 1. The van der Waals surface area contributed by atoms with E-state index in [9.17, 15) is 9.18 Å². The van der Waals surface area contributed by atoms with Gasteiger partial charge in [-0.15, -0.1) is 11.8 Å². The van der Waals surface area contributed by atoms with Crippen LogP contribution >= 0.6 is 11.8 Å². The summed E-state index contributed by atoms with van der Waals surface area (Å²) in [5.41, 5.74) is 0.977. The molecule has 0 heterocycles. The Bertz CT molecular complexity index is 586. The highest BCUT2D eigenvalue weighted by atomic mass is 32.2. The number of thioether (sulfide) groups is 1. The molecule has 0 aliphatic carbocycles. The quantitative estimate of drug-likeness (QED) is 0.672. The summed E-state index contributed by atoms with van der Waals surface area (Å²) in [6.45, 7) is 2.23. The van der Waals surface area contributed by atoms with Crippen molar-refractivity contribution in [3.05, 3.63) is 65.5 Å². The van der Waals surface area contributed by atoms with Crippen LogP contribution in [0.15, 0.2) is 53.4 Å². The number of carbonyl (C=O) groups is 1. The third-order valence-electron chi connectivity index (χ3n) is 2.82. The lowest BCUT2D eigenvalue weighted by Gasteiger charge is -2.06. The summed E-state index contributed by atoms with van der Waals surface area (Å²) >= 11 is 1.69. The molecule has 1 amide bonds. The molecule has 0 radical (unpaired) electrons. The molecule has 2 nitrogen and oxygen atoms in total. The molecule has 0 saturated carbocycles. The number of rotatable bonds is 5. The van der Waals surface area contributed by atoms with E-state index in [0.29, 0.717) is 17.7 Å². The van der Waals surface area contributed by atoms with Gasteiger partial charge in [0.15, 0.2) is 0 Å². The SMILES string of the molecule is Cc1cc(C(=O)NCCSc2ccccc2)ccc1F. The van der Waals surface area contributed by atoms with Crippen LogP contribution in [0.1, 0.15) is 15.9 Å². The molecule has 0 saturated heterocycles. The zero-order chi connectivity index (χ0) is 14.4. The van der Waals surface area contributed by atoms with E-state index < -0.39 is 0 Å². The molecule has 104 valence electrons. The molecule has 0 spiro atoms. The molecule has 0 aliphatic rings. The fourth-order valence-electron chi connectivity index (χ4n) is 1.74. The fraction of sp³-hybridized carbons (Fsp3) is 0.188. The maximum atomic E-state index is 13.1. The molecule has 2 rings (SSSR count). The Hall–Kier alpha value is -1.81. The third-order valence-corrected chi connectivity index (χ3v) is 3.83. The predicted molar refractivity (Wildman–Crippen MR) is 80.6 cm³/mol. The zero-order valence-corrected chi connectivity index (χ0v) is 12.0. The fourth-order valence-corrected chi connectivity index (χ4v) is 2.53. The minimum absolute atomic E-state index is 0.165. The second kappa shape index (κ2) is 7.10. The molecule has 2 aromatic rings. The van der Waals surface area contributed by atoms with Crippen LogP contribution in [0.25, 0.3) is 0 Å². The first kappa shape index (κ1) is 14.6. The van der Waals surface area contributed by atoms with E-state index in [1.807, 2.05) is 30.3 Å². The highest BCUT2D eigenvalue weighted by molar-refractivity contribution is 7.99. The van der Waals surface area contributed by atoms with Crippen LogP contribution in [0.3, 0.4) is 0 Å². The van der Waals surface area contributed by atoms with Crippen molar-refractivity contribution in [2.24, 2.45) is 0 Å². The lowest BCUT2D eigenvalue weighted by atomic mass is 10.1. The molecule has 20 heavy (non-hydrogen) atoms. The smallest absolute Gasteiger partial charge is 0.251 e. The first-order chi connectivity index (χ1) is 9.66. The van der Waals surface area contributed by atoms with Crippen molar-refractivity contribution in [2.45, 2.75) is 11.8 Å². The topological polar surface area (TPSA) is 29.1 Å². The van der Waals surface area contributed by atoms with E-state index in [2.05, 4.69) is 5.32 Å². The van der Waals surface area contributed by atoms with Gasteiger partial charge in [0.05, 0.1) is 0 Å². The second-order valence-electron chi connectivity index (χ2n) is 4.38. The van der Waals surface area contributed by atoms with Crippen LogP contribution in [0, 0.1) is 12.7 Å². The van der Waals surface area contributed by atoms with E-state index in [0.717, 1.165) is 5.75 Å². The van der Waals surface area contributed by atoms with Gasteiger partial charge in [-0.2, -0.15) is 0 Å². The number of hydrogen-bond donors (Lipinski definition) is 1. The maximum absolute atomic E-state index is 13.1. The summed E-state index contributed by atoms with van der Waals surface area (Å²) in [6, 6.07) is 14.4. The number of benzene rings is 2. The van der Waals surface area contributed by atoms with Crippen molar-refractivity contribution in [1.29, 1.82) is 0 Å². The van der Waals surface area contributed by atoms with Crippen molar-refractivity contribution in [2.75, 3.05) is 12.3 Å². The molecule has 0 unspecified atom stereocenters. The zero-order valence-electron chi connectivity index (χ0n) is 11.2. The summed E-state index contributed by atoms with van der Waals surface area (Å²) in [7, 11) is 0. The van der Waals surface area contributed by atoms with Crippen molar-refractivity contribution >= 4 is 17.7 Å². The van der Waals surface area contributed by atoms with Crippen LogP contribution in [0.4, 0.5) is 4.39 Å². The Morgan fingerprint density at radius 3 is 2.65 bits per heavy atom. The third kappa shape index (κ3) is 4.10. The van der Waals surface area contributed by atoms with Gasteiger partial charge in [-0.25, -0.2) is 4.39 Å². The Morgan fingerprint density at radius 2 is 1.95 bits per heavy atom. The number of aryl methyl sites for hydroxylation is 1. The predicted octanol–water partition coefficient (Wildman–Crippen LogP) is 3.66. The summed E-state index contributed by atoms with van der Waals surface area (Å²) in [5, 5.41) is 2.83. The molecule has 0 fully saturated rings. The molecule has 0 aliphatic heterocycles. The van der Waals surface area contributed by atoms with Gasteiger partial charge < -0.3 is 5.32 Å². The van der Waals surface area contributed by atoms with E-state index in [1.54, 1.807) is 24.8 Å². The van der Waals surface area contributed by atoms with Crippen LogP contribution in [-0.2, 0) is 0 Å². The van der Waals surface area contributed by atoms with Gasteiger partial charge in [0.1, 0.15) is 5.82 Å². The van der Waals surface area contributed by atoms with Gasteiger partial charge in [-0.05, 0) is 42.8 Å². The standard InChI is InChI=1S/C16H16FNOS/c1-12-11-13(7-8-15(12)17)16(19)18-9-10-20-14-5-3-2-4-6-14/h2-8,11H,9-10H2,1H3,(H,18,19). The van der Waals surface area contributed by atoms with Gasteiger partial charge in [-0.1, -0.05) is 18.2 Å². The van der Waals surface area contributed by atoms with Crippen molar-refractivity contribution < 1.29 is 9.18 Å². The molecule has 0 aromatic heterocycles. The van der Waals surface area contributed by atoms with E-state index in [4.69, 9.17) is 0 Å². The average Bonchev–Trinajstić information content (AvgIpc) is 2.47. The second-order valence-corrected chi connectivity index (χ2v) is 5.55. The van der Waals surface area contributed by atoms with Crippen LogP contribution in [0.2, 0.25) is 0 Å². The van der Waals surface area contributed by atoms with Gasteiger partial charge in [0.25, 0.3) is 5.91 Å². The summed E-state index contributed by atoms with van der Waals surface area (Å²) < 4.78 is 13.1. The van der Waals surface area contributed by atoms with Crippen LogP contribution in [-0.4, -0.2) is 18.2 Å². The summed E-state index contributed by atoms with van der Waals surface area (Å²) in [4.78, 5) is 13.1. The average molecular weight is 289 g/mol. The van der Waals surface area contributed by atoms with Gasteiger partial charge in [-0.3, -0.25) is 4.79 Å². The highest BCUT2D eigenvalue weighted by Crippen LogP contribution is 2.16. The number of carbonyl (C=O) groups excluding carboxylic acids is 1. The number of amides is 1. The van der Waals surface area contributed by atoms with Crippen LogP contribution < -0.4 is 5.32 Å². The summed E-state index contributed by atoms with van der Waals surface area (Å²) in [6.07, 6.45) is 0. The normalized spacial score (nSPS) is 10.3. The Labute approximate surface area is 122 Å². The van der Waals surface area contributed by atoms with Crippen molar-refractivity contribution in [1.82, 2.24) is 5.32 Å². The monoisotopic (exact) mass is 289 g/mol. The molecule has 2 aromatic carbocycles. The lowest BCUT2D eigenvalue weighted by Crippen LogP contribution is -2.25. The van der Waals surface area contributed by atoms with E-state index in [1.165, 1.54) is 17.0 Å². The maximum Gasteiger partial charge on any atom is 0.251 e. The first-order valence-corrected chi connectivity index (χ1v) is 7.37. The minimum atomic E-state index is -0.291. The molecule has 0 atom stereocenters. The molecule has 0 bridgehead atoms. The van der Waals surface area contributed by atoms with Crippen molar-refractivity contribution in [3.63, 3.8) is 0 Å². The molecular formula is C16H16FNOS. The number of halogens is 1. The molecule has 1 N–H and O–H groups in total. The van der Waals surface area contributed by atoms with E-state index >= 15 is 0 Å². The Balaban J connectivity index is 1.79. The van der Waals surface area contributed by atoms with Gasteiger partial charge >= 0.3 is 0 Å². The van der Waals surface area contributed by atoms with E-state index in [-0.39, 0.29) is 11.7 Å². The molecule has 4 heteroatoms. The molecular weight excluding hydrogens is 273 g/mol. The number of hydrogen-bond acceptors (Lipinski definition) is 2. The van der Waals surface area contributed by atoms with Crippen LogP contribution in [0.5, 0.6) is 0 Å².